The molecular formula is C21H26N2O2. The third-order valence-electron chi connectivity index (χ3n) is 4.29. The van der Waals surface area contributed by atoms with Crippen LogP contribution in [0.25, 0.3) is 0 Å². The van der Waals surface area contributed by atoms with Gasteiger partial charge in [-0.15, -0.1) is 0 Å². The maximum absolute atomic E-state index is 12.4. The van der Waals surface area contributed by atoms with E-state index in [0.717, 1.165) is 18.5 Å². The van der Waals surface area contributed by atoms with Crippen molar-refractivity contribution in [2.75, 3.05) is 25.0 Å². The minimum absolute atomic E-state index is 0.0144. The first-order valence-corrected chi connectivity index (χ1v) is 8.69. The van der Waals surface area contributed by atoms with Crippen LogP contribution in [0.2, 0.25) is 0 Å². The highest BCUT2D eigenvalue weighted by Gasteiger charge is 2.14. The van der Waals surface area contributed by atoms with Gasteiger partial charge in [-0.05, 0) is 30.5 Å². The molecule has 4 heteroatoms. The number of hydrogen-bond donors (Lipinski definition) is 0. The number of carbonyl (C=O) groups is 2. The summed E-state index contributed by atoms with van der Waals surface area (Å²) < 4.78 is 0. The van der Waals surface area contributed by atoms with E-state index >= 15 is 0 Å². The van der Waals surface area contributed by atoms with Gasteiger partial charge in [0, 0.05) is 39.2 Å². The lowest BCUT2D eigenvalue weighted by Gasteiger charge is -2.23. The molecule has 0 fully saturated rings. The Hall–Kier alpha value is -2.62. The first-order valence-electron chi connectivity index (χ1n) is 8.69. The monoisotopic (exact) mass is 338 g/mol. The highest BCUT2D eigenvalue weighted by Crippen LogP contribution is 2.12. The van der Waals surface area contributed by atoms with Gasteiger partial charge >= 0.3 is 0 Å². The molecule has 132 valence electrons. The van der Waals surface area contributed by atoms with Crippen LogP contribution >= 0.6 is 0 Å². The SMILES string of the molecule is CC(=O)N(CCCc1ccccc1)CCC(=O)N(C)c1ccccc1. The largest absolute Gasteiger partial charge is 0.342 e. The number of rotatable bonds is 8. The summed E-state index contributed by atoms with van der Waals surface area (Å²) in [6.07, 6.45) is 2.16. The van der Waals surface area contributed by atoms with E-state index in [0.29, 0.717) is 19.5 Å². The fraction of sp³-hybridized carbons (Fsp3) is 0.333. The van der Waals surface area contributed by atoms with Gasteiger partial charge in [-0.1, -0.05) is 48.5 Å². The number of benzene rings is 2. The van der Waals surface area contributed by atoms with E-state index in [1.807, 2.05) is 48.5 Å². The Labute approximate surface area is 150 Å². The normalized spacial score (nSPS) is 10.3. The van der Waals surface area contributed by atoms with Crippen molar-refractivity contribution >= 4 is 17.5 Å². The molecule has 4 nitrogen and oxygen atoms in total. The molecule has 0 aromatic heterocycles. The Balaban J connectivity index is 1.80. The Bertz CT molecular complexity index is 671. The van der Waals surface area contributed by atoms with Crippen LogP contribution in [-0.4, -0.2) is 36.9 Å². The van der Waals surface area contributed by atoms with Crippen molar-refractivity contribution in [1.29, 1.82) is 0 Å². The number of nitrogens with zero attached hydrogens (tertiary/aromatic N) is 2. The van der Waals surface area contributed by atoms with Gasteiger partial charge in [0.2, 0.25) is 11.8 Å². The molecule has 0 radical (unpaired) electrons. The summed E-state index contributed by atoms with van der Waals surface area (Å²) in [6, 6.07) is 19.8. The predicted octanol–water partition coefficient (Wildman–Crippen LogP) is 3.52. The van der Waals surface area contributed by atoms with Crippen molar-refractivity contribution in [2.24, 2.45) is 0 Å². The lowest BCUT2D eigenvalue weighted by molar-refractivity contribution is -0.129. The average Bonchev–Trinajstić information content (AvgIpc) is 2.65. The molecule has 2 amide bonds. The van der Waals surface area contributed by atoms with Crippen LogP contribution in [0, 0.1) is 0 Å². The molecule has 0 aliphatic rings. The van der Waals surface area contributed by atoms with Gasteiger partial charge in [-0.2, -0.15) is 0 Å². The fourth-order valence-corrected chi connectivity index (χ4v) is 2.74. The van der Waals surface area contributed by atoms with Crippen LogP contribution < -0.4 is 4.90 Å². The number of para-hydroxylation sites is 1. The summed E-state index contributed by atoms with van der Waals surface area (Å²) in [5.74, 6) is 0.0312. The summed E-state index contributed by atoms with van der Waals surface area (Å²) >= 11 is 0. The lowest BCUT2D eigenvalue weighted by Crippen LogP contribution is -2.35. The van der Waals surface area contributed by atoms with Crippen LogP contribution in [0.15, 0.2) is 60.7 Å². The second-order valence-corrected chi connectivity index (χ2v) is 6.13. The van der Waals surface area contributed by atoms with E-state index in [-0.39, 0.29) is 11.8 Å². The fourth-order valence-electron chi connectivity index (χ4n) is 2.74. The standard InChI is InChI=1S/C21H26N2O2/c1-18(24)23(16-9-12-19-10-5-3-6-11-19)17-15-21(25)22(2)20-13-7-4-8-14-20/h3-8,10-11,13-14H,9,12,15-17H2,1-2H3. The first kappa shape index (κ1) is 18.7. The van der Waals surface area contributed by atoms with E-state index < -0.39 is 0 Å². The number of carbonyl (C=O) groups excluding carboxylic acids is 2. The van der Waals surface area contributed by atoms with Gasteiger partial charge in [0.25, 0.3) is 0 Å². The summed E-state index contributed by atoms with van der Waals surface area (Å²) in [7, 11) is 1.77. The van der Waals surface area contributed by atoms with Crippen LogP contribution in [0.4, 0.5) is 5.69 Å². The zero-order valence-electron chi connectivity index (χ0n) is 15.0. The number of amides is 2. The van der Waals surface area contributed by atoms with Crippen LogP contribution in [0.3, 0.4) is 0 Å². The summed E-state index contributed by atoms with van der Waals surface area (Å²) in [4.78, 5) is 27.6. The third kappa shape index (κ3) is 6.07. The van der Waals surface area contributed by atoms with Crippen molar-refractivity contribution in [3.05, 3.63) is 66.2 Å². The molecule has 0 unspecified atom stereocenters. The second-order valence-electron chi connectivity index (χ2n) is 6.13. The summed E-state index contributed by atoms with van der Waals surface area (Å²) in [6.45, 7) is 2.70. The maximum atomic E-state index is 12.4. The second kappa shape index (κ2) is 9.62. The van der Waals surface area contributed by atoms with E-state index in [4.69, 9.17) is 0 Å². The van der Waals surface area contributed by atoms with Crippen molar-refractivity contribution in [3.63, 3.8) is 0 Å². The van der Waals surface area contributed by atoms with E-state index in [1.165, 1.54) is 5.56 Å². The summed E-state index contributed by atoms with van der Waals surface area (Å²) in [5.41, 5.74) is 2.14. The Kier molecular flexibility index (Phi) is 7.20. The quantitative estimate of drug-likeness (QED) is 0.739. The minimum Gasteiger partial charge on any atom is -0.342 e. The zero-order chi connectivity index (χ0) is 18.1. The molecule has 0 aliphatic carbocycles. The number of hydrogen-bond acceptors (Lipinski definition) is 2. The van der Waals surface area contributed by atoms with Crippen LogP contribution in [-0.2, 0) is 16.0 Å². The Morgan fingerprint density at radius 3 is 2.08 bits per heavy atom. The summed E-state index contributed by atoms with van der Waals surface area (Å²) in [5, 5.41) is 0. The zero-order valence-corrected chi connectivity index (χ0v) is 15.0. The molecular weight excluding hydrogens is 312 g/mol. The van der Waals surface area contributed by atoms with Gasteiger partial charge < -0.3 is 9.80 Å². The Morgan fingerprint density at radius 1 is 0.880 bits per heavy atom. The molecule has 0 aliphatic heterocycles. The maximum Gasteiger partial charge on any atom is 0.228 e. The van der Waals surface area contributed by atoms with Gasteiger partial charge in [0.05, 0.1) is 0 Å². The molecule has 2 aromatic carbocycles. The third-order valence-corrected chi connectivity index (χ3v) is 4.29. The Morgan fingerprint density at radius 2 is 1.48 bits per heavy atom. The molecule has 0 N–H and O–H groups in total. The van der Waals surface area contributed by atoms with Gasteiger partial charge in [0.1, 0.15) is 0 Å². The van der Waals surface area contributed by atoms with Crippen molar-refractivity contribution < 1.29 is 9.59 Å². The van der Waals surface area contributed by atoms with Crippen LogP contribution in [0.1, 0.15) is 25.3 Å². The highest BCUT2D eigenvalue weighted by atomic mass is 16.2. The molecule has 0 spiro atoms. The van der Waals surface area contributed by atoms with Crippen molar-refractivity contribution in [1.82, 2.24) is 4.90 Å². The van der Waals surface area contributed by atoms with E-state index in [1.54, 1.807) is 23.8 Å². The van der Waals surface area contributed by atoms with Gasteiger partial charge in [0.15, 0.2) is 0 Å². The molecule has 0 bridgehead atoms. The minimum atomic E-state index is 0.0144. The topological polar surface area (TPSA) is 40.6 Å². The van der Waals surface area contributed by atoms with Gasteiger partial charge in [-0.3, -0.25) is 9.59 Å². The molecule has 0 saturated carbocycles. The molecule has 2 aromatic rings. The van der Waals surface area contributed by atoms with Crippen molar-refractivity contribution in [3.8, 4) is 0 Å². The molecule has 25 heavy (non-hydrogen) atoms. The number of anilines is 1. The molecule has 0 atom stereocenters. The highest BCUT2D eigenvalue weighted by molar-refractivity contribution is 5.93. The van der Waals surface area contributed by atoms with E-state index in [2.05, 4.69) is 12.1 Å². The van der Waals surface area contributed by atoms with Crippen LogP contribution in [0.5, 0.6) is 0 Å². The molecule has 2 rings (SSSR count). The lowest BCUT2D eigenvalue weighted by atomic mass is 10.1. The molecule has 0 saturated heterocycles. The van der Waals surface area contributed by atoms with Gasteiger partial charge in [-0.25, -0.2) is 0 Å². The van der Waals surface area contributed by atoms with E-state index in [9.17, 15) is 9.59 Å². The average molecular weight is 338 g/mol. The number of aryl methyl sites for hydroxylation is 1. The first-order chi connectivity index (χ1) is 12.1. The smallest absolute Gasteiger partial charge is 0.228 e. The van der Waals surface area contributed by atoms with Crippen molar-refractivity contribution in [2.45, 2.75) is 26.2 Å². The molecule has 0 heterocycles. The predicted molar refractivity (Wildman–Crippen MR) is 101 cm³/mol.